The molecule has 2 aliphatic rings. The van der Waals surface area contributed by atoms with Crippen molar-refractivity contribution < 1.29 is 35.9 Å². The first kappa shape index (κ1) is 24.1. The number of ether oxygens (including phenoxy) is 2. The third kappa shape index (κ3) is 4.64. The van der Waals surface area contributed by atoms with Gasteiger partial charge in [0, 0.05) is 31.6 Å². The van der Waals surface area contributed by atoms with E-state index in [2.05, 4.69) is 4.72 Å². The molecule has 2 amide bonds. The SMILES string of the molecule is COc1ccc(S(=O)(=O)Nc2ccc(S(=O)(=O)N3CCOCC3)cc2)cc1N1C(=O)CCC1=O. The molecule has 34 heavy (non-hydrogen) atoms. The van der Waals surface area contributed by atoms with Crippen molar-refractivity contribution in [1.29, 1.82) is 0 Å². The number of methoxy groups -OCH3 is 1. The molecule has 0 saturated carbocycles. The second-order valence-electron chi connectivity index (χ2n) is 7.60. The Morgan fingerprint density at radius 2 is 1.47 bits per heavy atom. The monoisotopic (exact) mass is 509 g/mol. The summed E-state index contributed by atoms with van der Waals surface area (Å²) in [6, 6.07) is 9.19. The van der Waals surface area contributed by atoms with Crippen LogP contribution in [-0.2, 0) is 34.4 Å². The molecule has 2 heterocycles. The van der Waals surface area contributed by atoms with Crippen molar-refractivity contribution in [3.05, 3.63) is 42.5 Å². The van der Waals surface area contributed by atoms with Gasteiger partial charge in [-0.1, -0.05) is 0 Å². The Hall–Kier alpha value is -3.00. The van der Waals surface area contributed by atoms with Crippen LogP contribution in [0.2, 0.25) is 0 Å². The van der Waals surface area contributed by atoms with Gasteiger partial charge in [-0.05, 0) is 42.5 Å². The van der Waals surface area contributed by atoms with Crippen LogP contribution in [-0.4, -0.2) is 66.4 Å². The van der Waals surface area contributed by atoms with Crippen molar-refractivity contribution in [3.8, 4) is 5.75 Å². The van der Waals surface area contributed by atoms with Crippen molar-refractivity contribution in [2.75, 3.05) is 43.0 Å². The zero-order valence-electron chi connectivity index (χ0n) is 18.3. The summed E-state index contributed by atoms with van der Waals surface area (Å²) in [7, 11) is -6.49. The lowest BCUT2D eigenvalue weighted by Gasteiger charge is -2.26. The summed E-state index contributed by atoms with van der Waals surface area (Å²) in [5.74, 6) is -0.703. The van der Waals surface area contributed by atoms with Crippen LogP contribution in [0, 0.1) is 0 Å². The Balaban J connectivity index is 1.58. The lowest BCUT2D eigenvalue weighted by molar-refractivity contribution is -0.121. The molecule has 2 aromatic carbocycles. The first-order chi connectivity index (χ1) is 16.1. The first-order valence-corrected chi connectivity index (χ1v) is 13.3. The maximum Gasteiger partial charge on any atom is 0.261 e. The second-order valence-corrected chi connectivity index (χ2v) is 11.2. The predicted octanol–water partition coefficient (Wildman–Crippen LogP) is 1.17. The minimum Gasteiger partial charge on any atom is -0.495 e. The van der Waals surface area contributed by atoms with E-state index in [-0.39, 0.29) is 52.8 Å². The van der Waals surface area contributed by atoms with E-state index in [9.17, 15) is 26.4 Å². The van der Waals surface area contributed by atoms with Gasteiger partial charge in [0.1, 0.15) is 5.75 Å². The van der Waals surface area contributed by atoms with Gasteiger partial charge in [0.05, 0.1) is 35.8 Å². The predicted molar refractivity (Wildman–Crippen MR) is 122 cm³/mol. The van der Waals surface area contributed by atoms with Gasteiger partial charge in [0.2, 0.25) is 21.8 Å². The smallest absolute Gasteiger partial charge is 0.261 e. The van der Waals surface area contributed by atoms with Crippen LogP contribution >= 0.6 is 0 Å². The quantitative estimate of drug-likeness (QED) is 0.549. The van der Waals surface area contributed by atoms with Crippen LogP contribution in [0.5, 0.6) is 5.75 Å². The lowest BCUT2D eigenvalue weighted by atomic mass is 10.2. The molecule has 11 nitrogen and oxygen atoms in total. The summed E-state index contributed by atoms with van der Waals surface area (Å²) in [5, 5.41) is 0. The average molecular weight is 510 g/mol. The van der Waals surface area contributed by atoms with Crippen molar-refractivity contribution in [2.24, 2.45) is 0 Å². The number of imide groups is 1. The van der Waals surface area contributed by atoms with Crippen molar-refractivity contribution >= 4 is 43.2 Å². The number of nitrogens with zero attached hydrogens (tertiary/aromatic N) is 2. The molecule has 0 aliphatic carbocycles. The number of rotatable bonds is 7. The fourth-order valence-corrected chi connectivity index (χ4v) is 6.19. The van der Waals surface area contributed by atoms with E-state index >= 15 is 0 Å². The number of carbonyl (C=O) groups excluding carboxylic acids is 2. The van der Waals surface area contributed by atoms with Crippen LogP contribution in [0.15, 0.2) is 52.3 Å². The Morgan fingerprint density at radius 3 is 2.06 bits per heavy atom. The molecule has 0 bridgehead atoms. The molecule has 0 atom stereocenters. The summed E-state index contributed by atoms with van der Waals surface area (Å²) in [6.45, 7) is 1.13. The minimum absolute atomic E-state index is 0.0372. The van der Waals surface area contributed by atoms with E-state index < -0.39 is 31.9 Å². The number of hydrogen-bond acceptors (Lipinski definition) is 8. The van der Waals surface area contributed by atoms with E-state index in [1.54, 1.807) is 0 Å². The molecular weight excluding hydrogens is 486 g/mol. The third-order valence-electron chi connectivity index (χ3n) is 5.47. The molecular formula is C21H23N3O8S2. The highest BCUT2D eigenvalue weighted by Gasteiger charge is 2.33. The summed E-state index contributed by atoms with van der Waals surface area (Å²) in [4.78, 5) is 25.1. The maximum atomic E-state index is 13.0. The fraction of sp³-hybridized carbons (Fsp3) is 0.333. The largest absolute Gasteiger partial charge is 0.495 e. The van der Waals surface area contributed by atoms with E-state index in [0.29, 0.717) is 13.2 Å². The first-order valence-electron chi connectivity index (χ1n) is 10.4. The summed E-state index contributed by atoms with van der Waals surface area (Å²) < 4.78 is 65.5. The molecule has 182 valence electrons. The van der Waals surface area contributed by atoms with Gasteiger partial charge < -0.3 is 9.47 Å². The van der Waals surface area contributed by atoms with Gasteiger partial charge >= 0.3 is 0 Å². The van der Waals surface area contributed by atoms with Crippen LogP contribution in [0.1, 0.15) is 12.8 Å². The van der Waals surface area contributed by atoms with Crippen molar-refractivity contribution in [1.82, 2.24) is 4.31 Å². The Morgan fingerprint density at radius 1 is 0.882 bits per heavy atom. The topological polar surface area (TPSA) is 139 Å². The van der Waals surface area contributed by atoms with Crippen LogP contribution in [0.4, 0.5) is 11.4 Å². The molecule has 13 heteroatoms. The third-order valence-corrected chi connectivity index (χ3v) is 8.76. The molecule has 0 unspecified atom stereocenters. The molecule has 2 aliphatic heterocycles. The van der Waals surface area contributed by atoms with Crippen LogP contribution < -0.4 is 14.4 Å². The summed E-state index contributed by atoms with van der Waals surface area (Å²) in [6.07, 6.45) is 0.0772. The highest BCUT2D eigenvalue weighted by molar-refractivity contribution is 7.92. The van der Waals surface area contributed by atoms with Gasteiger partial charge in [-0.3, -0.25) is 14.3 Å². The highest BCUT2D eigenvalue weighted by atomic mass is 32.2. The molecule has 2 saturated heterocycles. The molecule has 4 rings (SSSR count). The summed E-state index contributed by atoms with van der Waals surface area (Å²) in [5.41, 5.74) is 0.191. The number of nitrogens with one attached hydrogen (secondary N) is 1. The van der Waals surface area contributed by atoms with Gasteiger partial charge in [0.15, 0.2) is 0 Å². The van der Waals surface area contributed by atoms with Gasteiger partial charge in [0.25, 0.3) is 10.0 Å². The number of carbonyl (C=O) groups is 2. The number of sulfonamides is 2. The number of hydrogen-bond donors (Lipinski definition) is 1. The van der Waals surface area contributed by atoms with Gasteiger partial charge in [-0.2, -0.15) is 4.31 Å². The number of anilines is 2. The standard InChI is InChI=1S/C21H23N3O8S2/c1-31-19-7-6-17(14-18(19)24-20(25)8-9-21(24)26)33(27,28)22-15-2-4-16(5-3-15)34(29,30)23-10-12-32-13-11-23/h2-7,14,22H,8-13H2,1H3. The number of benzene rings is 2. The average Bonchev–Trinajstić information content (AvgIpc) is 3.17. The summed E-state index contributed by atoms with van der Waals surface area (Å²) >= 11 is 0. The van der Waals surface area contributed by atoms with E-state index in [1.165, 1.54) is 53.9 Å². The zero-order chi connectivity index (χ0) is 24.5. The Bertz CT molecular complexity index is 1300. The van der Waals surface area contributed by atoms with Crippen molar-refractivity contribution in [2.45, 2.75) is 22.6 Å². The fourth-order valence-electron chi connectivity index (χ4n) is 3.70. The van der Waals surface area contributed by atoms with Gasteiger partial charge in [-0.25, -0.2) is 21.7 Å². The van der Waals surface area contributed by atoms with E-state index in [4.69, 9.17) is 9.47 Å². The molecule has 0 radical (unpaired) electrons. The van der Waals surface area contributed by atoms with Crippen molar-refractivity contribution in [3.63, 3.8) is 0 Å². The molecule has 1 N–H and O–H groups in total. The Labute approximate surface area is 197 Å². The second kappa shape index (κ2) is 9.33. The molecule has 0 aromatic heterocycles. The normalized spacial score (nSPS) is 17.7. The molecule has 2 fully saturated rings. The minimum atomic E-state index is -4.13. The van der Waals surface area contributed by atoms with Crippen LogP contribution in [0.3, 0.4) is 0 Å². The molecule has 0 spiro atoms. The van der Waals surface area contributed by atoms with Crippen LogP contribution in [0.25, 0.3) is 0 Å². The van der Waals surface area contributed by atoms with E-state index in [0.717, 1.165) is 4.90 Å². The Kier molecular flexibility index (Phi) is 6.62. The van der Waals surface area contributed by atoms with E-state index in [1.807, 2.05) is 0 Å². The van der Waals surface area contributed by atoms with Gasteiger partial charge in [-0.15, -0.1) is 0 Å². The highest BCUT2D eigenvalue weighted by Crippen LogP contribution is 2.34. The number of amides is 2. The molecule has 2 aromatic rings. The maximum absolute atomic E-state index is 13.0. The zero-order valence-corrected chi connectivity index (χ0v) is 19.9. The lowest BCUT2D eigenvalue weighted by Crippen LogP contribution is -2.40. The number of morpholine rings is 1.